The standard InChI is InChI=1S/C23H27NO4S/c1-3-17-13-14-21(29-17)20(25)15-28-23(27)19-12-8-7-11-18(19)22(26)24(2)16-9-5-4-6-10-16/h7-8,11-14,16H,3-6,9-10,15H2,1-2H3. The van der Waals surface area contributed by atoms with Crippen LogP contribution in [0, 0.1) is 0 Å². The fraction of sp³-hybridized carbons (Fsp3) is 0.435. The molecule has 154 valence electrons. The molecule has 2 aromatic rings. The first-order valence-electron chi connectivity index (χ1n) is 10.2. The molecule has 1 heterocycles. The molecule has 6 heteroatoms. The van der Waals surface area contributed by atoms with Gasteiger partial charge in [0.2, 0.25) is 5.78 Å². The Balaban J connectivity index is 1.67. The lowest BCUT2D eigenvalue weighted by Crippen LogP contribution is -2.39. The van der Waals surface area contributed by atoms with E-state index in [0.717, 1.165) is 37.0 Å². The fourth-order valence-electron chi connectivity index (χ4n) is 3.67. The maximum Gasteiger partial charge on any atom is 0.339 e. The predicted octanol–water partition coefficient (Wildman–Crippen LogP) is 4.75. The van der Waals surface area contributed by atoms with Gasteiger partial charge in [-0.15, -0.1) is 11.3 Å². The summed E-state index contributed by atoms with van der Waals surface area (Å²) in [4.78, 5) is 41.4. The van der Waals surface area contributed by atoms with Gasteiger partial charge in [-0.3, -0.25) is 9.59 Å². The normalized spacial score (nSPS) is 14.4. The van der Waals surface area contributed by atoms with Gasteiger partial charge >= 0.3 is 5.97 Å². The van der Waals surface area contributed by atoms with E-state index in [1.165, 1.54) is 17.8 Å². The van der Waals surface area contributed by atoms with Crippen molar-refractivity contribution in [2.24, 2.45) is 0 Å². The smallest absolute Gasteiger partial charge is 0.339 e. The first-order chi connectivity index (χ1) is 14.0. The van der Waals surface area contributed by atoms with Crippen LogP contribution in [0.25, 0.3) is 0 Å². The molecule has 0 N–H and O–H groups in total. The van der Waals surface area contributed by atoms with Gasteiger partial charge in [0.15, 0.2) is 6.61 Å². The van der Waals surface area contributed by atoms with Crippen molar-refractivity contribution < 1.29 is 19.1 Å². The van der Waals surface area contributed by atoms with Crippen molar-refractivity contribution in [3.05, 3.63) is 57.3 Å². The SMILES string of the molecule is CCc1ccc(C(=O)COC(=O)c2ccccc2C(=O)N(C)C2CCCCC2)s1. The number of rotatable bonds is 7. The Morgan fingerprint density at radius 1 is 1.03 bits per heavy atom. The molecule has 0 bridgehead atoms. The monoisotopic (exact) mass is 413 g/mol. The van der Waals surface area contributed by atoms with Crippen LogP contribution in [0.3, 0.4) is 0 Å². The number of carbonyl (C=O) groups excluding carboxylic acids is 3. The van der Waals surface area contributed by atoms with Gasteiger partial charge in [-0.25, -0.2) is 4.79 Å². The van der Waals surface area contributed by atoms with Gasteiger partial charge in [-0.1, -0.05) is 38.3 Å². The summed E-state index contributed by atoms with van der Waals surface area (Å²) in [7, 11) is 1.80. The van der Waals surface area contributed by atoms with Crippen LogP contribution in [0.1, 0.15) is 74.3 Å². The molecule has 0 atom stereocenters. The van der Waals surface area contributed by atoms with E-state index in [1.54, 1.807) is 42.3 Å². The van der Waals surface area contributed by atoms with Crippen molar-refractivity contribution in [3.8, 4) is 0 Å². The molecule has 1 aromatic carbocycles. The summed E-state index contributed by atoms with van der Waals surface area (Å²) in [5, 5.41) is 0. The second kappa shape index (κ2) is 9.83. The van der Waals surface area contributed by atoms with Gasteiger partial charge in [-0.2, -0.15) is 0 Å². The number of benzene rings is 1. The molecule has 1 amide bonds. The number of esters is 1. The highest BCUT2D eigenvalue weighted by atomic mass is 32.1. The summed E-state index contributed by atoms with van der Waals surface area (Å²) in [6.45, 7) is 1.70. The van der Waals surface area contributed by atoms with E-state index in [4.69, 9.17) is 4.74 Å². The molecule has 0 spiro atoms. The van der Waals surface area contributed by atoms with Crippen molar-refractivity contribution in [2.45, 2.75) is 51.5 Å². The van der Waals surface area contributed by atoms with Gasteiger partial charge in [0, 0.05) is 18.0 Å². The van der Waals surface area contributed by atoms with E-state index in [1.807, 2.05) is 13.0 Å². The van der Waals surface area contributed by atoms with Gasteiger partial charge in [0.05, 0.1) is 16.0 Å². The third-order valence-corrected chi connectivity index (χ3v) is 6.71. The summed E-state index contributed by atoms with van der Waals surface area (Å²) in [6.07, 6.45) is 6.29. The largest absolute Gasteiger partial charge is 0.454 e. The van der Waals surface area contributed by atoms with Crippen LogP contribution in [0.2, 0.25) is 0 Å². The zero-order chi connectivity index (χ0) is 20.8. The quantitative estimate of drug-likeness (QED) is 0.485. The maximum absolute atomic E-state index is 13.0. The topological polar surface area (TPSA) is 63.7 Å². The zero-order valence-corrected chi connectivity index (χ0v) is 17.8. The number of carbonyl (C=O) groups is 3. The van der Waals surface area contributed by atoms with Crippen LogP contribution in [-0.4, -0.2) is 42.3 Å². The van der Waals surface area contributed by atoms with Crippen molar-refractivity contribution in [1.29, 1.82) is 0 Å². The Hall–Kier alpha value is -2.47. The first kappa shape index (κ1) is 21.2. The van der Waals surface area contributed by atoms with Crippen molar-refractivity contribution in [1.82, 2.24) is 4.90 Å². The van der Waals surface area contributed by atoms with E-state index in [9.17, 15) is 14.4 Å². The number of Topliss-reactive ketones (excluding diaryl/α,β-unsaturated/α-hetero) is 1. The van der Waals surface area contributed by atoms with Crippen LogP contribution >= 0.6 is 11.3 Å². The lowest BCUT2D eigenvalue weighted by molar-refractivity contribution is 0.0470. The van der Waals surface area contributed by atoms with E-state index < -0.39 is 5.97 Å². The molecule has 3 rings (SSSR count). The number of ketones is 1. The lowest BCUT2D eigenvalue weighted by atomic mass is 9.94. The average Bonchev–Trinajstić information content (AvgIpc) is 3.26. The minimum Gasteiger partial charge on any atom is -0.454 e. The Bertz CT molecular complexity index is 883. The molecule has 1 aliphatic carbocycles. The Morgan fingerprint density at radius 3 is 2.38 bits per heavy atom. The molecule has 1 aliphatic rings. The van der Waals surface area contributed by atoms with E-state index in [0.29, 0.717) is 10.4 Å². The maximum atomic E-state index is 13.0. The zero-order valence-electron chi connectivity index (χ0n) is 17.0. The number of hydrogen-bond donors (Lipinski definition) is 0. The van der Waals surface area contributed by atoms with Crippen LogP contribution in [0.15, 0.2) is 36.4 Å². The second-order valence-corrected chi connectivity index (χ2v) is 8.54. The fourth-order valence-corrected chi connectivity index (χ4v) is 4.54. The van der Waals surface area contributed by atoms with Crippen molar-refractivity contribution in [2.75, 3.05) is 13.7 Å². The minimum atomic E-state index is -0.647. The molecule has 0 radical (unpaired) electrons. The van der Waals surface area contributed by atoms with Gasteiger partial charge in [0.25, 0.3) is 5.91 Å². The average molecular weight is 414 g/mol. The predicted molar refractivity (Wildman–Crippen MR) is 114 cm³/mol. The number of ether oxygens (including phenoxy) is 1. The summed E-state index contributed by atoms with van der Waals surface area (Å²) >= 11 is 1.41. The number of nitrogens with zero attached hydrogens (tertiary/aromatic N) is 1. The molecule has 1 fully saturated rings. The number of thiophene rings is 1. The third kappa shape index (κ3) is 5.12. The molecule has 29 heavy (non-hydrogen) atoms. The Kier molecular flexibility index (Phi) is 7.20. The van der Waals surface area contributed by atoms with E-state index in [-0.39, 0.29) is 29.9 Å². The van der Waals surface area contributed by atoms with Crippen molar-refractivity contribution >= 4 is 29.0 Å². The Labute approximate surface area is 175 Å². The number of aryl methyl sites for hydroxylation is 1. The Morgan fingerprint density at radius 2 is 1.72 bits per heavy atom. The molecule has 0 saturated heterocycles. The van der Waals surface area contributed by atoms with Crippen LogP contribution in [0.5, 0.6) is 0 Å². The molecular weight excluding hydrogens is 386 g/mol. The first-order valence-corrected chi connectivity index (χ1v) is 11.0. The van der Waals surface area contributed by atoms with Crippen LogP contribution in [-0.2, 0) is 11.2 Å². The summed E-state index contributed by atoms with van der Waals surface area (Å²) in [5.74, 6) is -1.06. The van der Waals surface area contributed by atoms with Gasteiger partial charge < -0.3 is 9.64 Å². The molecule has 0 aliphatic heterocycles. The molecular formula is C23H27NO4S. The summed E-state index contributed by atoms with van der Waals surface area (Å²) in [6, 6.07) is 10.5. The highest BCUT2D eigenvalue weighted by molar-refractivity contribution is 7.14. The van der Waals surface area contributed by atoms with Crippen molar-refractivity contribution in [3.63, 3.8) is 0 Å². The van der Waals surface area contributed by atoms with Gasteiger partial charge in [0.1, 0.15) is 0 Å². The molecule has 5 nitrogen and oxygen atoms in total. The summed E-state index contributed by atoms with van der Waals surface area (Å²) < 4.78 is 5.25. The van der Waals surface area contributed by atoms with Crippen LogP contribution in [0.4, 0.5) is 0 Å². The highest BCUT2D eigenvalue weighted by Crippen LogP contribution is 2.24. The molecule has 0 unspecified atom stereocenters. The third-order valence-electron chi connectivity index (χ3n) is 5.44. The lowest BCUT2D eigenvalue weighted by Gasteiger charge is -2.31. The van der Waals surface area contributed by atoms with Crippen LogP contribution < -0.4 is 0 Å². The number of amides is 1. The van der Waals surface area contributed by atoms with E-state index >= 15 is 0 Å². The van der Waals surface area contributed by atoms with Gasteiger partial charge in [-0.05, 0) is 43.5 Å². The minimum absolute atomic E-state index is 0.179. The van der Waals surface area contributed by atoms with E-state index in [2.05, 4.69) is 0 Å². The highest BCUT2D eigenvalue weighted by Gasteiger charge is 2.26. The number of hydrogen-bond acceptors (Lipinski definition) is 5. The molecule has 1 saturated carbocycles. The second-order valence-electron chi connectivity index (χ2n) is 7.37. The summed E-state index contributed by atoms with van der Waals surface area (Å²) in [5.41, 5.74) is 0.524. The molecule has 1 aromatic heterocycles.